The molecule has 1 amide bonds. The van der Waals surface area contributed by atoms with Gasteiger partial charge in [0.25, 0.3) is 5.91 Å². The fourth-order valence-corrected chi connectivity index (χ4v) is 2.52. The first kappa shape index (κ1) is 14.4. The van der Waals surface area contributed by atoms with Gasteiger partial charge in [-0.05, 0) is 29.8 Å². The first-order chi connectivity index (χ1) is 9.58. The second kappa shape index (κ2) is 6.40. The lowest BCUT2D eigenvalue weighted by Gasteiger charge is -2.05. The van der Waals surface area contributed by atoms with E-state index < -0.39 is 0 Å². The van der Waals surface area contributed by atoms with E-state index >= 15 is 0 Å². The number of carbonyl (C=O) groups excluding carboxylic acids is 1. The summed E-state index contributed by atoms with van der Waals surface area (Å²) < 4.78 is 0.573. The van der Waals surface area contributed by atoms with E-state index in [4.69, 9.17) is 22.5 Å². The van der Waals surface area contributed by atoms with Gasteiger partial charge in [0, 0.05) is 12.1 Å². The molecule has 1 aromatic carbocycles. The van der Waals surface area contributed by atoms with E-state index in [1.807, 2.05) is 0 Å². The Morgan fingerprint density at radius 1 is 1.30 bits per heavy atom. The van der Waals surface area contributed by atoms with Gasteiger partial charge in [0.05, 0.1) is 9.21 Å². The van der Waals surface area contributed by atoms with E-state index in [0.29, 0.717) is 21.3 Å². The second-order valence-electron chi connectivity index (χ2n) is 4.02. The number of nitrogens with two attached hydrogens (primary N) is 1. The zero-order valence-corrected chi connectivity index (χ0v) is 11.9. The maximum absolute atomic E-state index is 11.9. The average molecular weight is 310 g/mol. The largest absolute Gasteiger partial charge is 0.409 e. The molecule has 1 aromatic heterocycles. The minimum Gasteiger partial charge on any atom is -0.409 e. The molecular weight excluding hydrogens is 298 g/mol. The minimum absolute atomic E-state index is 0.134. The molecule has 1 heterocycles. The molecule has 0 saturated carbocycles. The number of amidine groups is 1. The highest BCUT2D eigenvalue weighted by molar-refractivity contribution is 7.18. The Bertz CT molecular complexity index is 637. The Labute approximate surface area is 124 Å². The number of amides is 1. The Balaban J connectivity index is 2.02. The van der Waals surface area contributed by atoms with Crippen molar-refractivity contribution in [1.82, 2.24) is 0 Å². The minimum atomic E-state index is -0.203. The number of oxime groups is 1. The summed E-state index contributed by atoms with van der Waals surface area (Å²) in [5.41, 5.74) is 6.98. The predicted octanol–water partition coefficient (Wildman–Crippen LogP) is 2.94. The number of hydrogen-bond donors (Lipinski definition) is 3. The Kier molecular flexibility index (Phi) is 4.60. The van der Waals surface area contributed by atoms with Crippen LogP contribution in [0.2, 0.25) is 4.34 Å². The van der Waals surface area contributed by atoms with Gasteiger partial charge in [0.15, 0.2) is 0 Å². The van der Waals surface area contributed by atoms with E-state index in [-0.39, 0.29) is 11.7 Å². The zero-order chi connectivity index (χ0) is 14.5. The van der Waals surface area contributed by atoms with Crippen LogP contribution < -0.4 is 11.1 Å². The molecule has 0 aliphatic heterocycles. The van der Waals surface area contributed by atoms with Gasteiger partial charge in [-0.1, -0.05) is 28.9 Å². The fourth-order valence-electron chi connectivity index (χ4n) is 1.58. The molecule has 104 valence electrons. The van der Waals surface area contributed by atoms with Crippen LogP contribution in [-0.4, -0.2) is 17.0 Å². The summed E-state index contributed by atoms with van der Waals surface area (Å²) in [5.74, 6) is -0.0684. The normalized spacial score (nSPS) is 11.3. The maximum atomic E-state index is 11.9. The number of carbonyl (C=O) groups is 1. The molecule has 4 N–H and O–H groups in total. The van der Waals surface area contributed by atoms with Crippen LogP contribution in [0.4, 0.5) is 5.69 Å². The van der Waals surface area contributed by atoms with Crippen molar-refractivity contribution in [2.45, 2.75) is 6.42 Å². The summed E-state index contributed by atoms with van der Waals surface area (Å²) >= 11 is 7.01. The number of hydrogen-bond acceptors (Lipinski definition) is 4. The standard InChI is InChI=1S/C13H12ClN3O2S/c14-11-6-5-10(20-11)13(18)16-9-3-1-8(2-4-9)7-12(15)17-19/h1-6,19H,7H2,(H2,15,17)(H,16,18). The molecule has 0 radical (unpaired) electrons. The summed E-state index contributed by atoms with van der Waals surface area (Å²) in [6.45, 7) is 0. The summed E-state index contributed by atoms with van der Waals surface area (Å²) in [6, 6.07) is 10.5. The second-order valence-corrected chi connectivity index (χ2v) is 5.74. The zero-order valence-electron chi connectivity index (χ0n) is 10.3. The highest BCUT2D eigenvalue weighted by Crippen LogP contribution is 2.22. The number of nitrogens with zero attached hydrogens (tertiary/aromatic N) is 1. The SMILES string of the molecule is NC(Cc1ccc(NC(=O)c2ccc(Cl)s2)cc1)=NO. The summed E-state index contributed by atoms with van der Waals surface area (Å²) in [6.07, 6.45) is 0.352. The van der Waals surface area contributed by atoms with Crippen molar-refractivity contribution in [3.63, 3.8) is 0 Å². The molecule has 0 unspecified atom stereocenters. The molecule has 7 heteroatoms. The van der Waals surface area contributed by atoms with Crippen LogP contribution in [0, 0.1) is 0 Å². The molecule has 0 aliphatic carbocycles. The number of anilines is 1. The monoisotopic (exact) mass is 309 g/mol. The molecule has 0 aliphatic rings. The number of thiophene rings is 1. The first-order valence-corrected chi connectivity index (χ1v) is 6.90. The molecule has 2 aromatic rings. The highest BCUT2D eigenvalue weighted by Gasteiger charge is 2.08. The Morgan fingerprint density at radius 3 is 2.55 bits per heavy atom. The van der Waals surface area contributed by atoms with E-state index in [0.717, 1.165) is 5.56 Å². The summed E-state index contributed by atoms with van der Waals surface area (Å²) in [5, 5.41) is 14.2. The Morgan fingerprint density at radius 2 is 2.00 bits per heavy atom. The van der Waals surface area contributed by atoms with E-state index in [1.54, 1.807) is 36.4 Å². The quantitative estimate of drug-likeness (QED) is 0.351. The third kappa shape index (κ3) is 3.72. The smallest absolute Gasteiger partial charge is 0.265 e. The molecule has 20 heavy (non-hydrogen) atoms. The lowest BCUT2D eigenvalue weighted by Crippen LogP contribution is -2.14. The van der Waals surface area contributed by atoms with Crippen molar-refractivity contribution in [1.29, 1.82) is 0 Å². The number of halogens is 1. The summed E-state index contributed by atoms with van der Waals surface area (Å²) in [7, 11) is 0. The van der Waals surface area contributed by atoms with Gasteiger partial charge in [-0.2, -0.15) is 0 Å². The first-order valence-electron chi connectivity index (χ1n) is 5.70. The van der Waals surface area contributed by atoms with Crippen LogP contribution in [0.15, 0.2) is 41.6 Å². The van der Waals surface area contributed by atoms with Gasteiger partial charge >= 0.3 is 0 Å². The molecular formula is C13H12ClN3O2S. The van der Waals surface area contributed by atoms with Crippen molar-refractivity contribution in [3.8, 4) is 0 Å². The lowest BCUT2D eigenvalue weighted by molar-refractivity contribution is 0.103. The fraction of sp³-hybridized carbons (Fsp3) is 0.0769. The van der Waals surface area contributed by atoms with E-state index in [1.165, 1.54) is 11.3 Å². The van der Waals surface area contributed by atoms with Crippen molar-refractivity contribution < 1.29 is 10.0 Å². The van der Waals surface area contributed by atoms with Crippen LogP contribution in [0.5, 0.6) is 0 Å². The third-order valence-corrected chi connectivity index (χ3v) is 3.75. The van der Waals surface area contributed by atoms with Crippen molar-refractivity contribution in [2.24, 2.45) is 10.9 Å². The third-order valence-electron chi connectivity index (χ3n) is 2.52. The number of nitrogens with one attached hydrogen (secondary N) is 1. The summed E-state index contributed by atoms with van der Waals surface area (Å²) in [4.78, 5) is 12.5. The molecule has 0 bridgehead atoms. The molecule has 2 rings (SSSR count). The highest BCUT2D eigenvalue weighted by atomic mass is 35.5. The van der Waals surface area contributed by atoms with E-state index in [2.05, 4.69) is 10.5 Å². The molecule has 0 atom stereocenters. The Hall–Kier alpha value is -2.05. The number of rotatable bonds is 4. The van der Waals surface area contributed by atoms with Gasteiger partial charge in [0.2, 0.25) is 0 Å². The van der Waals surface area contributed by atoms with Gasteiger partial charge in [-0.3, -0.25) is 4.79 Å². The van der Waals surface area contributed by atoms with Gasteiger partial charge < -0.3 is 16.3 Å². The molecule has 5 nitrogen and oxygen atoms in total. The molecule has 0 fully saturated rings. The van der Waals surface area contributed by atoms with Gasteiger partial charge in [-0.15, -0.1) is 11.3 Å². The number of benzene rings is 1. The van der Waals surface area contributed by atoms with Crippen molar-refractivity contribution in [3.05, 3.63) is 51.2 Å². The maximum Gasteiger partial charge on any atom is 0.265 e. The average Bonchev–Trinajstić information content (AvgIpc) is 2.87. The lowest BCUT2D eigenvalue weighted by atomic mass is 10.1. The van der Waals surface area contributed by atoms with Crippen molar-refractivity contribution in [2.75, 3.05) is 5.32 Å². The van der Waals surface area contributed by atoms with Crippen LogP contribution in [0.1, 0.15) is 15.2 Å². The van der Waals surface area contributed by atoms with Crippen molar-refractivity contribution >= 4 is 40.4 Å². The molecule has 0 saturated heterocycles. The molecule has 0 spiro atoms. The van der Waals surface area contributed by atoms with Crippen LogP contribution in [-0.2, 0) is 6.42 Å². The predicted molar refractivity (Wildman–Crippen MR) is 80.8 cm³/mol. The van der Waals surface area contributed by atoms with Crippen LogP contribution in [0.3, 0.4) is 0 Å². The van der Waals surface area contributed by atoms with Gasteiger partial charge in [-0.25, -0.2) is 0 Å². The van der Waals surface area contributed by atoms with Crippen LogP contribution in [0.25, 0.3) is 0 Å². The van der Waals surface area contributed by atoms with Gasteiger partial charge in [0.1, 0.15) is 5.84 Å². The van der Waals surface area contributed by atoms with Crippen LogP contribution >= 0.6 is 22.9 Å². The topological polar surface area (TPSA) is 87.7 Å². The van der Waals surface area contributed by atoms with E-state index in [9.17, 15) is 4.79 Å².